The molecule has 1 aliphatic rings. The maximum atomic E-state index is 5.74. The standard InChI is InChI=1S/C24H34N4O3/c1-25-24(26-12-7-8-14-31-21-9-5-4-6-10-21)27-19-11-13-28(18-19)20-15-22(29-2)17-23(16-20)30-3/h4-6,9-10,15-17,19H,7-8,11-14,18H2,1-3H3,(H2,25,26,27). The molecular weight excluding hydrogens is 392 g/mol. The number of benzene rings is 2. The highest BCUT2D eigenvalue weighted by atomic mass is 16.5. The monoisotopic (exact) mass is 426 g/mol. The number of unbranched alkanes of at least 4 members (excludes halogenated alkanes) is 1. The smallest absolute Gasteiger partial charge is 0.191 e. The second-order valence-corrected chi connectivity index (χ2v) is 7.51. The number of nitrogens with zero attached hydrogens (tertiary/aromatic N) is 2. The molecule has 2 aromatic carbocycles. The van der Waals surface area contributed by atoms with Crippen LogP contribution >= 0.6 is 0 Å². The average Bonchev–Trinajstić information content (AvgIpc) is 3.29. The summed E-state index contributed by atoms with van der Waals surface area (Å²) in [4.78, 5) is 6.72. The van der Waals surface area contributed by atoms with E-state index in [0.717, 1.165) is 74.4 Å². The van der Waals surface area contributed by atoms with Gasteiger partial charge in [-0.2, -0.15) is 0 Å². The summed E-state index contributed by atoms with van der Waals surface area (Å²) in [5.41, 5.74) is 1.11. The second-order valence-electron chi connectivity index (χ2n) is 7.51. The van der Waals surface area contributed by atoms with Gasteiger partial charge in [0, 0.05) is 56.6 Å². The number of guanidine groups is 1. The molecule has 0 amide bonds. The van der Waals surface area contributed by atoms with E-state index in [0.29, 0.717) is 6.04 Å². The van der Waals surface area contributed by atoms with Gasteiger partial charge < -0.3 is 29.7 Å². The molecule has 0 spiro atoms. The Balaban J connectivity index is 1.38. The lowest BCUT2D eigenvalue weighted by molar-refractivity contribution is 0.307. The van der Waals surface area contributed by atoms with Gasteiger partial charge in [0.15, 0.2) is 5.96 Å². The molecule has 0 radical (unpaired) electrons. The molecule has 3 rings (SSSR count). The molecule has 1 aliphatic heterocycles. The summed E-state index contributed by atoms with van der Waals surface area (Å²) < 4.78 is 16.5. The Hall–Kier alpha value is -3.09. The van der Waals surface area contributed by atoms with Gasteiger partial charge in [0.2, 0.25) is 0 Å². The van der Waals surface area contributed by atoms with Crippen molar-refractivity contribution in [2.75, 3.05) is 52.4 Å². The van der Waals surface area contributed by atoms with Gasteiger partial charge in [-0.05, 0) is 31.4 Å². The maximum Gasteiger partial charge on any atom is 0.191 e. The Morgan fingerprint density at radius 3 is 2.45 bits per heavy atom. The molecule has 2 aromatic rings. The van der Waals surface area contributed by atoms with Crippen LogP contribution in [0.25, 0.3) is 0 Å². The first-order valence-electron chi connectivity index (χ1n) is 10.8. The van der Waals surface area contributed by atoms with Crippen molar-refractivity contribution in [1.29, 1.82) is 0 Å². The molecule has 1 fully saturated rings. The number of nitrogens with one attached hydrogen (secondary N) is 2. The predicted octanol–water partition coefficient (Wildman–Crippen LogP) is 3.31. The number of para-hydroxylation sites is 1. The van der Waals surface area contributed by atoms with E-state index in [4.69, 9.17) is 14.2 Å². The number of ether oxygens (including phenoxy) is 3. The Bertz CT molecular complexity index is 807. The highest BCUT2D eigenvalue weighted by Crippen LogP contribution is 2.30. The summed E-state index contributed by atoms with van der Waals surface area (Å²) >= 11 is 0. The number of aliphatic imine (C=N–C) groups is 1. The van der Waals surface area contributed by atoms with E-state index in [1.54, 1.807) is 14.2 Å². The van der Waals surface area contributed by atoms with Gasteiger partial charge >= 0.3 is 0 Å². The van der Waals surface area contributed by atoms with Crippen LogP contribution in [0.1, 0.15) is 19.3 Å². The van der Waals surface area contributed by atoms with Gasteiger partial charge in [-0.25, -0.2) is 0 Å². The zero-order chi connectivity index (χ0) is 21.9. The van der Waals surface area contributed by atoms with Crippen LogP contribution in [0, 0.1) is 0 Å². The van der Waals surface area contributed by atoms with Gasteiger partial charge in [-0.3, -0.25) is 4.99 Å². The fourth-order valence-corrected chi connectivity index (χ4v) is 3.62. The molecule has 31 heavy (non-hydrogen) atoms. The van der Waals surface area contributed by atoms with E-state index >= 15 is 0 Å². The summed E-state index contributed by atoms with van der Waals surface area (Å²) in [6.07, 6.45) is 3.06. The van der Waals surface area contributed by atoms with Gasteiger partial charge in [0.05, 0.1) is 20.8 Å². The van der Waals surface area contributed by atoms with Crippen LogP contribution in [-0.2, 0) is 0 Å². The SMILES string of the molecule is CN=C(NCCCCOc1ccccc1)NC1CCN(c2cc(OC)cc(OC)c2)C1. The molecule has 0 bridgehead atoms. The Morgan fingerprint density at radius 2 is 1.77 bits per heavy atom. The molecule has 2 N–H and O–H groups in total. The average molecular weight is 427 g/mol. The van der Waals surface area contributed by atoms with Gasteiger partial charge in [0.25, 0.3) is 0 Å². The van der Waals surface area contributed by atoms with E-state index in [1.165, 1.54) is 0 Å². The first kappa shape index (κ1) is 22.6. The van der Waals surface area contributed by atoms with Crippen molar-refractivity contribution < 1.29 is 14.2 Å². The third-order valence-corrected chi connectivity index (χ3v) is 5.33. The van der Waals surface area contributed by atoms with Gasteiger partial charge in [-0.15, -0.1) is 0 Å². The van der Waals surface area contributed by atoms with Crippen molar-refractivity contribution in [2.45, 2.75) is 25.3 Å². The molecule has 0 saturated carbocycles. The lowest BCUT2D eigenvalue weighted by atomic mass is 10.2. The van der Waals surface area contributed by atoms with E-state index in [2.05, 4.69) is 32.7 Å². The summed E-state index contributed by atoms with van der Waals surface area (Å²) in [5.74, 6) is 3.38. The van der Waals surface area contributed by atoms with Crippen molar-refractivity contribution in [3.8, 4) is 17.2 Å². The number of hydrogen-bond donors (Lipinski definition) is 2. The molecule has 1 unspecified atom stereocenters. The lowest BCUT2D eigenvalue weighted by Crippen LogP contribution is -2.44. The van der Waals surface area contributed by atoms with Crippen molar-refractivity contribution in [3.05, 3.63) is 48.5 Å². The molecule has 1 heterocycles. The Morgan fingerprint density at radius 1 is 1.03 bits per heavy atom. The maximum absolute atomic E-state index is 5.74. The third kappa shape index (κ3) is 6.98. The predicted molar refractivity (Wildman–Crippen MR) is 126 cm³/mol. The van der Waals surface area contributed by atoms with Crippen LogP contribution < -0.4 is 29.7 Å². The van der Waals surface area contributed by atoms with Crippen LogP contribution in [0.2, 0.25) is 0 Å². The number of rotatable bonds is 10. The highest BCUT2D eigenvalue weighted by Gasteiger charge is 2.24. The molecular formula is C24H34N4O3. The molecule has 1 saturated heterocycles. The second kappa shape index (κ2) is 11.9. The van der Waals surface area contributed by atoms with Crippen LogP contribution in [0.5, 0.6) is 17.2 Å². The van der Waals surface area contributed by atoms with Crippen molar-refractivity contribution in [3.63, 3.8) is 0 Å². The Kier molecular flexibility index (Phi) is 8.70. The zero-order valence-corrected chi connectivity index (χ0v) is 18.8. The molecule has 0 aliphatic carbocycles. The fourth-order valence-electron chi connectivity index (χ4n) is 3.62. The van der Waals surface area contributed by atoms with E-state index < -0.39 is 0 Å². The van der Waals surface area contributed by atoms with E-state index in [-0.39, 0.29) is 0 Å². The van der Waals surface area contributed by atoms with Crippen LogP contribution in [0.15, 0.2) is 53.5 Å². The van der Waals surface area contributed by atoms with Crippen LogP contribution in [0.3, 0.4) is 0 Å². The minimum absolute atomic E-state index is 0.338. The Labute approximate surface area is 185 Å². The summed E-state index contributed by atoms with van der Waals surface area (Å²) in [7, 11) is 5.17. The largest absolute Gasteiger partial charge is 0.497 e. The van der Waals surface area contributed by atoms with E-state index in [9.17, 15) is 0 Å². The number of anilines is 1. The van der Waals surface area contributed by atoms with Gasteiger partial charge in [-0.1, -0.05) is 18.2 Å². The summed E-state index contributed by atoms with van der Waals surface area (Å²) in [6.45, 7) is 3.46. The molecule has 1 atom stereocenters. The first-order chi connectivity index (χ1) is 15.2. The molecule has 168 valence electrons. The molecule has 7 nitrogen and oxygen atoms in total. The van der Waals surface area contributed by atoms with Crippen molar-refractivity contribution >= 4 is 11.6 Å². The topological polar surface area (TPSA) is 67.4 Å². The quantitative estimate of drug-likeness (QED) is 0.345. The minimum atomic E-state index is 0.338. The number of hydrogen-bond acceptors (Lipinski definition) is 5. The van der Waals surface area contributed by atoms with Crippen LogP contribution in [-0.4, -0.2) is 59.5 Å². The molecule has 0 aromatic heterocycles. The zero-order valence-electron chi connectivity index (χ0n) is 18.8. The van der Waals surface area contributed by atoms with Gasteiger partial charge in [0.1, 0.15) is 17.2 Å². The highest BCUT2D eigenvalue weighted by molar-refractivity contribution is 5.80. The van der Waals surface area contributed by atoms with Crippen LogP contribution in [0.4, 0.5) is 5.69 Å². The normalized spacial score (nSPS) is 16.2. The molecule has 7 heteroatoms. The van der Waals surface area contributed by atoms with Crippen molar-refractivity contribution in [1.82, 2.24) is 10.6 Å². The number of methoxy groups -OCH3 is 2. The third-order valence-electron chi connectivity index (χ3n) is 5.33. The summed E-state index contributed by atoms with van der Waals surface area (Å²) in [6, 6.07) is 16.3. The summed E-state index contributed by atoms with van der Waals surface area (Å²) in [5, 5.41) is 6.95. The fraction of sp³-hybridized carbons (Fsp3) is 0.458. The van der Waals surface area contributed by atoms with Crippen molar-refractivity contribution in [2.24, 2.45) is 4.99 Å². The first-order valence-corrected chi connectivity index (χ1v) is 10.8. The van der Waals surface area contributed by atoms with E-state index in [1.807, 2.05) is 43.4 Å². The lowest BCUT2D eigenvalue weighted by Gasteiger charge is -2.21. The minimum Gasteiger partial charge on any atom is -0.497 e.